The summed E-state index contributed by atoms with van der Waals surface area (Å²) >= 11 is 0. The highest BCUT2D eigenvalue weighted by atomic mass is 19.1. The van der Waals surface area contributed by atoms with E-state index in [9.17, 15) is 23.5 Å². The van der Waals surface area contributed by atoms with Crippen molar-refractivity contribution in [3.63, 3.8) is 0 Å². The molecule has 2 heterocycles. The first kappa shape index (κ1) is 22.5. The highest BCUT2D eigenvalue weighted by Crippen LogP contribution is 2.39. The molecule has 1 fully saturated rings. The first-order valence-electron chi connectivity index (χ1n) is 11.0. The molecular weight excluding hydrogens is 456 g/mol. The maximum atomic E-state index is 13.6. The highest BCUT2D eigenvalue weighted by molar-refractivity contribution is 6.26. The van der Waals surface area contributed by atoms with Crippen LogP contribution in [0.15, 0.2) is 71.8 Å². The molecule has 0 bridgehead atoms. The zero-order valence-corrected chi connectivity index (χ0v) is 18.7. The molecule has 7 nitrogen and oxygen atoms in total. The molecular formula is C26H21F2N3O4. The fourth-order valence-electron chi connectivity index (χ4n) is 4.46. The van der Waals surface area contributed by atoms with E-state index in [0.717, 1.165) is 5.56 Å². The Morgan fingerprint density at radius 2 is 1.60 bits per heavy atom. The van der Waals surface area contributed by atoms with E-state index >= 15 is 0 Å². The topological polar surface area (TPSA) is 82.4 Å². The van der Waals surface area contributed by atoms with Crippen molar-refractivity contribution in [1.82, 2.24) is 4.90 Å². The molecule has 2 aliphatic heterocycles. The Kier molecular flexibility index (Phi) is 5.68. The summed E-state index contributed by atoms with van der Waals surface area (Å²) in [7, 11) is 1.47. The number of imide groups is 1. The molecule has 0 aliphatic carbocycles. The Bertz CT molecular complexity index is 1330. The molecule has 1 N–H and O–H groups in total. The number of hydrazone groups is 1. The van der Waals surface area contributed by atoms with E-state index in [-0.39, 0.29) is 29.4 Å². The van der Waals surface area contributed by atoms with Crippen molar-refractivity contribution in [1.29, 1.82) is 0 Å². The average molecular weight is 477 g/mol. The molecule has 2 aliphatic rings. The second-order valence-electron chi connectivity index (χ2n) is 8.32. The molecule has 0 spiro atoms. The largest absolute Gasteiger partial charge is 0.507 e. The first-order valence-corrected chi connectivity index (χ1v) is 11.0. The number of anilines is 1. The third-order valence-corrected chi connectivity index (χ3v) is 6.25. The number of hydrogen-bond donors (Lipinski definition) is 1. The molecule has 0 saturated carbocycles. The van der Waals surface area contributed by atoms with E-state index in [0.29, 0.717) is 17.9 Å². The van der Waals surface area contributed by atoms with Crippen LogP contribution in [0.5, 0.6) is 11.5 Å². The van der Waals surface area contributed by atoms with Gasteiger partial charge in [-0.3, -0.25) is 19.5 Å². The van der Waals surface area contributed by atoms with Crippen LogP contribution >= 0.6 is 0 Å². The van der Waals surface area contributed by atoms with Gasteiger partial charge in [0.05, 0.1) is 18.5 Å². The summed E-state index contributed by atoms with van der Waals surface area (Å²) in [6.45, 7) is 0.102. The number of carbonyl (C=O) groups excluding carboxylic acids is 2. The Morgan fingerprint density at radius 3 is 2.26 bits per heavy atom. The molecule has 35 heavy (non-hydrogen) atoms. The van der Waals surface area contributed by atoms with E-state index in [1.807, 2.05) is 0 Å². The van der Waals surface area contributed by atoms with Crippen LogP contribution in [-0.2, 0) is 16.0 Å². The number of methoxy groups -OCH3 is 1. The van der Waals surface area contributed by atoms with Crippen molar-refractivity contribution in [2.24, 2.45) is 11.0 Å². The number of phenols is 1. The first-order chi connectivity index (χ1) is 16.9. The van der Waals surface area contributed by atoms with Gasteiger partial charge in [-0.2, -0.15) is 5.10 Å². The number of likely N-dealkylation sites (tertiary alicyclic amines) is 1. The normalized spacial score (nSPS) is 19.2. The number of nitrogens with zero attached hydrogens (tertiary/aromatic N) is 3. The summed E-state index contributed by atoms with van der Waals surface area (Å²) in [5.74, 6) is -2.37. The molecule has 3 aromatic rings. The number of benzene rings is 3. The van der Waals surface area contributed by atoms with Gasteiger partial charge in [-0.1, -0.05) is 12.1 Å². The maximum absolute atomic E-state index is 13.6. The number of halogens is 2. The predicted molar refractivity (Wildman–Crippen MR) is 124 cm³/mol. The average Bonchev–Trinajstić information content (AvgIpc) is 3.36. The van der Waals surface area contributed by atoms with Crippen LogP contribution in [0.25, 0.3) is 0 Å². The number of phenolic OH excluding ortho intramolecular Hbond substituents is 1. The van der Waals surface area contributed by atoms with Crippen LogP contribution in [-0.4, -0.2) is 47.2 Å². The fraction of sp³-hybridized carbons (Fsp3) is 0.192. The molecule has 0 aromatic heterocycles. The second kappa shape index (κ2) is 8.83. The van der Waals surface area contributed by atoms with Gasteiger partial charge in [0.25, 0.3) is 5.91 Å². The van der Waals surface area contributed by atoms with Gasteiger partial charge >= 0.3 is 0 Å². The van der Waals surface area contributed by atoms with Gasteiger partial charge in [-0.05, 0) is 66.6 Å². The van der Waals surface area contributed by atoms with Gasteiger partial charge < -0.3 is 9.84 Å². The summed E-state index contributed by atoms with van der Waals surface area (Å²) in [6, 6.07) is 14.9. The van der Waals surface area contributed by atoms with E-state index < -0.39 is 29.6 Å². The maximum Gasteiger partial charge on any atom is 0.255 e. The molecule has 3 aromatic carbocycles. The van der Waals surface area contributed by atoms with E-state index in [4.69, 9.17) is 4.74 Å². The Balaban J connectivity index is 1.52. The van der Waals surface area contributed by atoms with Gasteiger partial charge in [-0.15, -0.1) is 0 Å². The molecule has 9 heteroatoms. The molecule has 2 atom stereocenters. The number of carbonyl (C=O) groups is 2. The van der Waals surface area contributed by atoms with Crippen molar-refractivity contribution < 1.29 is 28.2 Å². The zero-order chi connectivity index (χ0) is 24.7. The van der Waals surface area contributed by atoms with Crippen molar-refractivity contribution in [2.45, 2.75) is 12.5 Å². The highest BCUT2D eigenvalue weighted by Gasteiger charge is 2.57. The summed E-state index contributed by atoms with van der Waals surface area (Å²) in [6.07, 6.45) is 0.352. The Labute approximate surface area is 199 Å². The lowest BCUT2D eigenvalue weighted by atomic mass is 9.92. The Hall–Kier alpha value is -4.27. The minimum atomic E-state index is -0.984. The lowest BCUT2D eigenvalue weighted by Crippen LogP contribution is -2.39. The molecule has 2 amide bonds. The predicted octanol–water partition coefficient (Wildman–Crippen LogP) is 3.50. The van der Waals surface area contributed by atoms with Crippen molar-refractivity contribution in [3.05, 3.63) is 89.5 Å². The van der Waals surface area contributed by atoms with Gasteiger partial charge in [0.15, 0.2) is 0 Å². The third-order valence-electron chi connectivity index (χ3n) is 6.25. The minimum absolute atomic E-state index is 0.102. The summed E-state index contributed by atoms with van der Waals surface area (Å²) < 4.78 is 32.1. The van der Waals surface area contributed by atoms with Gasteiger partial charge in [0, 0.05) is 12.1 Å². The van der Waals surface area contributed by atoms with Crippen molar-refractivity contribution >= 4 is 23.2 Å². The van der Waals surface area contributed by atoms with Crippen LogP contribution in [0.2, 0.25) is 0 Å². The smallest absolute Gasteiger partial charge is 0.255 e. The number of hydrogen-bond acceptors (Lipinski definition) is 6. The molecule has 0 radical (unpaired) electrons. The Morgan fingerprint density at radius 1 is 0.943 bits per heavy atom. The second-order valence-corrected chi connectivity index (χ2v) is 8.32. The number of fused-ring (bicyclic) bond motifs is 1. The quantitative estimate of drug-likeness (QED) is 0.550. The van der Waals surface area contributed by atoms with Crippen molar-refractivity contribution in [3.8, 4) is 11.5 Å². The van der Waals surface area contributed by atoms with Crippen molar-refractivity contribution in [2.75, 3.05) is 18.7 Å². The number of amides is 2. The molecule has 1 saturated heterocycles. The van der Waals surface area contributed by atoms with Crippen LogP contribution in [0.3, 0.4) is 0 Å². The van der Waals surface area contributed by atoms with Crippen LogP contribution in [0.4, 0.5) is 14.5 Å². The molecule has 178 valence electrons. The number of aromatic hydroxyl groups is 1. The minimum Gasteiger partial charge on any atom is -0.507 e. The summed E-state index contributed by atoms with van der Waals surface area (Å²) in [5, 5.41) is 16.5. The number of ether oxygens (including phenoxy) is 1. The zero-order valence-electron chi connectivity index (χ0n) is 18.7. The summed E-state index contributed by atoms with van der Waals surface area (Å²) in [5.41, 5.74) is 1.70. The molecule has 5 rings (SSSR count). The molecule has 2 unspecified atom stereocenters. The van der Waals surface area contributed by atoms with Gasteiger partial charge in [0.1, 0.15) is 35.1 Å². The SMILES string of the molecule is COc1ccc(O)c(C2=NN(c3ccc(F)cc3)C3C(=O)N(CCc4ccc(F)cc4)C(=O)C23)c1. The summed E-state index contributed by atoms with van der Waals surface area (Å²) in [4.78, 5) is 28.2. The van der Waals surface area contributed by atoms with Crippen LogP contribution in [0.1, 0.15) is 11.1 Å². The lowest BCUT2D eigenvalue weighted by Gasteiger charge is -2.22. The monoisotopic (exact) mass is 477 g/mol. The van der Waals surface area contributed by atoms with Crippen LogP contribution in [0, 0.1) is 17.6 Å². The van der Waals surface area contributed by atoms with E-state index in [2.05, 4.69) is 5.10 Å². The van der Waals surface area contributed by atoms with Gasteiger partial charge in [-0.25, -0.2) is 8.78 Å². The number of rotatable bonds is 6. The fourth-order valence-corrected chi connectivity index (χ4v) is 4.46. The van der Waals surface area contributed by atoms with Gasteiger partial charge in [0.2, 0.25) is 5.91 Å². The third kappa shape index (κ3) is 3.99. The van der Waals surface area contributed by atoms with E-state index in [1.54, 1.807) is 24.3 Å². The standard InChI is InChI=1S/C26H21F2N3O4/c1-35-19-10-11-21(32)20(14-19)23-22-24(31(29-23)18-8-6-17(28)7-9-18)26(34)30(25(22)33)13-12-15-2-4-16(27)5-3-15/h2-11,14,22,24,32H,12-13H2,1H3. The van der Waals surface area contributed by atoms with Crippen LogP contribution < -0.4 is 9.75 Å². The lowest BCUT2D eigenvalue weighted by molar-refractivity contribution is -0.139. The van der Waals surface area contributed by atoms with E-state index in [1.165, 1.54) is 59.5 Å².